The second-order valence-corrected chi connectivity index (χ2v) is 5.08. The molecule has 0 aromatic carbocycles. The Hall–Kier alpha value is -1.69. The van der Waals surface area contributed by atoms with Crippen LogP contribution in [-0.4, -0.2) is 34.5 Å². The summed E-state index contributed by atoms with van der Waals surface area (Å²) in [6.45, 7) is 6.55. The molecule has 1 aromatic rings. The molecule has 4 N–H and O–H groups in total. The van der Waals surface area contributed by atoms with Gasteiger partial charge in [0, 0.05) is 23.7 Å². The van der Waals surface area contributed by atoms with Gasteiger partial charge in [-0.05, 0) is 27.3 Å². The number of hydrogen-bond acceptors (Lipinski definition) is 5. The van der Waals surface area contributed by atoms with E-state index < -0.39 is 0 Å². The Morgan fingerprint density at radius 1 is 1.39 bits per heavy atom. The topological polar surface area (TPSA) is 92.9 Å². The van der Waals surface area contributed by atoms with Gasteiger partial charge in [0.1, 0.15) is 12.1 Å². The molecule has 1 amide bonds. The number of aromatic nitrogens is 2. The number of amides is 1. The van der Waals surface area contributed by atoms with Crippen molar-refractivity contribution in [3.63, 3.8) is 0 Å². The smallest absolute Gasteiger partial charge is 0.239 e. The lowest BCUT2D eigenvalue weighted by molar-refractivity contribution is -0.120. The fourth-order valence-electron chi connectivity index (χ4n) is 1.41. The number of rotatable bonds is 5. The largest absolute Gasteiger partial charge is 0.361 e. The van der Waals surface area contributed by atoms with Crippen molar-refractivity contribution >= 4 is 11.7 Å². The third-order valence-corrected chi connectivity index (χ3v) is 2.07. The summed E-state index contributed by atoms with van der Waals surface area (Å²) >= 11 is 0. The van der Waals surface area contributed by atoms with Crippen LogP contribution in [-0.2, 0) is 11.2 Å². The van der Waals surface area contributed by atoms with Crippen LogP contribution in [0.2, 0.25) is 0 Å². The number of carbonyl (C=O) groups excluding carboxylic acids is 1. The van der Waals surface area contributed by atoms with E-state index in [2.05, 4.69) is 20.6 Å². The second-order valence-electron chi connectivity index (χ2n) is 5.08. The van der Waals surface area contributed by atoms with Gasteiger partial charge in [-0.15, -0.1) is 0 Å². The van der Waals surface area contributed by atoms with Crippen molar-refractivity contribution in [2.75, 3.05) is 18.4 Å². The van der Waals surface area contributed by atoms with Crippen molar-refractivity contribution in [3.05, 3.63) is 18.1 Å². The van der Waals surface area contributed by atoms with Crippen molar-refractivity contribution in [1.82, 2.24) is 15.3 Å². The first-order valence-electron chi connectivity index (χ1n) is 5.96. The van der Waals surface area contributed by atoms with Gasteiger partial charge in [0.2, 0.25) is 5.91 Å². The van der Waals surface area contributed by atoms with Gasteiger partial charge in [0.05, 0.1) is 6.54 Å². The van der Waals surface area contributed by atoms with Gasteiger partial charge >= 0.3 is 0 Å². The molecule has 0 saturated heterocycles. The molecule has 1 heterocycles. The summed E-state index contributed by atoms with van der Waals surface area (Å²) in [4.78, 5) is 19.7. The Morgan fingerprint density at radius 2 is 2.11 bits per heavy atom. The number of hydrogen-bond donors (Lipinski definition) is 3. The molecule has 100 valence electrons. The highest BCUT2D eigenvalue weighted by Gasteiger charge is 2.13. The molecule has 0 spiro atoms. The molecule has 0 fully saturated rings. The summed E-state index contributed by atoms with van der Waals surface area (Å²) in [6, 6.07) is 1.80. The molecular formula is C12H21N5O. The lowest BCUT2D eigenvalue weighted by Crippen LogP contribution is -2.43. The molecule has 0 bridgehead atoms. The van der Waals surface area contributed by atoms with Gasteiger partial charge in [0.15, 0.2) is 0 Å². The fourth-order valence-corrected chi connectivity index (χ4v) is 1.41. The molecule has 1 rings (SSSR count). The van der Waals surface area contributed by atoms with E-state index in [0.717, 1.165) is 5.69 Å². The minimum absolute atomic E-state index is 0.0681. The predicted octanol–water partition coefficient (Wildman–Crippen LogP) is 0.304. The van der Waals surface area contributed by atoms with E-state index in [9.17, 15) is 4.79 Å². The summed E-state index contributed by atoms with van der Waals surface area (Å²) in [5.74, 6) is 0.569. The molecule has 18 heavy (non-hydrogen) atoms. The zero-order chi connectivity index (χ0) is 13.6. The van der Waals surface area contributed by atoms with Crippen molar-refractivity contribution in [2.45, 2.75) is 32.7 Å². The zero-order valence-corrected chi connectivity index (χ0v) is 11.2. The summed E-state index contributed by atoms with van der Waals surface area (Å²) in [5, 5.41) is 5.83. The molecule has 0 atom stereocenters. The number of nitrogens with two attached hydrogens (primary N) is 1. The van der Waals surface area contributed by atoms with E-state index in [1.54, 1.807) is 6.07 Å². The molecule has 0 radical (unpaired) electrons. The van der Waals surface area contributed by atoms with Crippen LogP contribution in [0.1, 0.15) is 26.5 Å². The fraction of sp³-hybridized carbons (Fsp3) is 0.583. The number of nitrogens with zero attached hydrogens (tertiary/aromatic N) is 2. The van der Waals surface area contributed by atoms with Gasteiger partial charge in [-0.3, -0.25) is 4.79 Å². The van der Waals surface area contributed by atoms with E-state index in [-0.39, 0.29) is 18.0 Å². The first-order valence-corrected chi connectivity index (χ1v) is 5.96. The van der Waals surface area contributed by atoms with Gasteiger partial charge in [0.25, 0.3) is 0 Å². The van der Waals surface area contributed by atoms with Crippen molar-refractivity contribution in [3.8, 4) is 0 Å². The predicted molar refractivity (Wildman–Crippen MR) is 71.2 cm³/mol. The van der Waals surface area contributed by atoms with E-state index in [1.165, 1.54) is 6.33 Å². The normalized spacial score (nSPS) is 11.1. The van der Waals surface area contributed by atoms with Gasteiger partial charge in [-0.1, -0.05) is 0 Å². The zero-order valence-electron chi connectivity index (χ0n) is 11.2. The SMILES string of the molecule is CC(C)(C)NC(=O)CNc1cc(CCN)ncn1. The highest BCUT2D eigenvalue weighted by molar-refractivity contribution is 5.81. The Bertz CT molecular complexity index is 400. The molecule has 1 aromatic heterocycles. The van der Waals surface area contributed by atoms with Gasteiger partial charge < -0.3 is 16.4 Å². The van der Waals surface area contributed by atoms with E-state index >= 15 is 0 Å². The first kappa shape index (κ1) is 14.4. The Balaban J connectivity index is 2.48. The van der Waals surface area contributed by atoms with Crippen LogP contribution >= 0.6 is 0 Å². The average molecular weight is 251 g/mol. The average Bonchev–Trinajstić information content (AvgIpc) is 2.25. The monoisotopic (exact) mass is 251 g/mol. The highest BCUT2D eigenvalue weighted by atomic mass is 16.2. The molecule has 0 unspecified atom stereocenters. The Morgan fingerprint density at radius 3 is 2.72 bits per heavy atom. The maximum Gasteiger partial charge on any atom is 0.239 e. The Labute approximate surface area is 107 Å². The molecule has 0 aliphatic heterocycles. The van der Waals surface area contributed by atoms with Crippen LogP contribution in [0.15, 0.2) is 12.4 Å². The minimum Gasteiger partial charge on any atom is -0.361 e. The minimum atomic E-state index is -0.227. The van der Waals surface area contributed by atoms with Crippen molar-refractivity contribution in [1.29, 1.82) is 0 Å². The van der Waals surface area contributed by atoms with E-state index in [4.69, 9.17) is 5.73 Å². The van der Waals surface area contributed by atoms with Crippen molar-refractivity contribution < 1.29 is 4.79 Å². The van der Waals surface area contributed by atoms with Crippen LogP contribution in [0.5, 0.6) is 0 Å². The summed E-state index contributed by atoms with van der Waals surface area (Å²) in [6.07, 6.45) is 2.17. The summed E-state index contributed by atoms with van der Waals surface area (Å²) < 4.78 is 0. The lowest BCUT2D eigenvalue weighted by Gasteiger charge is -2.20. The lowest BCUT2D eigenvalue weighted by atomic mass is 10.1. The number of carbonyl (C=O) groups is 1. The number of nitrogens with one attached hydrogen (secondary N) is 2. The van der Waals surface area contributed by atoms with Gasteiger partial charge in [-0.25, -0.2) is 9.97 Å². The second kappa shape index (κ2) is 6.30. The van der Waals surface area contributed by atoms with Crippen LogP contribution < -0.4 is 16.4 Å². The van der Waals surface area contributed by atoms with E-state index in [1.807, 2.05) is 20.8 Å². The maximum absolute atomic E-state index is 11.6. The van der Waals surface area contributed by atoms with E-state index in [0.29, 0.717) is 18.8 Å². The van der Waals surface area contributed by atoms with Gasteiger partial charge in [-0.2, -0.15) is 0 Å². The standard InChI is InChI=1S/C12H21N5O/c1-12(2,3)17-11(18)7-14-10-6-9(4-5-13)15-8-16-10/h6,8H,4-5,7,13H2,1-3H3,(H,17,18)(H,14,15,16). The summed E-state index contributed by atoms with van der Waals surface area (Å²) in [7, 11) is 0. The molecule has 0 saturated carbocycles. The van der Waals surface area contributed by atoms with Crippen LogP contribution in [0.4, 0.5) is 5.82 Å². The first-order chi connectivity index (χ1) is 8.40. The summed E-state index contributed by atoms with van der Waals surface area (Å²) in [5.41, 5.74) is 6.10. The molecule has 0 aliphatic rings. The number of anilines is 1. The molecular weight excluding hydrogens is 230 g/mol. The van der Waals surface area contributed by atoms with Crippen molar-refractivity contribution in [2.24, 2.45) is 5.73 Å². The highest BCUT2D eigenvalue weighted by Crippen LogP contribution is 2.04. The molecule has 6 heteroatoms. The van der Waals surface area contributed by atoms with Crippen LogP contribution in [0, 0.1) is 0 Å². The maximum atomic E-state index is 11.6. The molecule has 6 nitrogen and oxygen atoms in total. The Kier molecular flexibility index (Phi) is 5.03. The van der Waals surface area contributed by atoms with Crippen LogP contribution in [0.25, 0.3) is 0 Å². The quantitative estimate of drug-likeness (QED) is 0.700. The third kappa shape index (κ3) is 5.58. The third-order valence-electron chi connectivity index (χ3n) is 2.07. The van der Waals surface area contributed by atoms with Crippen LogP contribution in [0.3, 0.4) is 0 Å². The molecule has 0 aliphatic carbocycles.